The maximum absolute atomic E-state index is 12.7. The van der Waals surface area contributed by atoms with Crippen molar-refractivity contribution in [3.05, 3.63) is 76.3 Å². The van der Waals surface area contributed by atoms with Gasteiger partial charge < -0.3 is 15.0 Å². The van der Waals surface area contributed by atoms with Gasteiger partial charge in [-0.1, -0.05) is 30.3 Å². The van der Waals surface area contributed by atoms with Crippen LogP contribution in [-0.2, 0) is 13.0 Å². The van der Waals surface area contributed by atoms with Crippen LogP contribution in [0.25, 0.3) is 21.3 Å². The molecule has 0 radical (unpaired) electrons. The van der Waals surface area contributed by atoms with Crippen LogP contribution in [0.15, 0.2) is 54.7 Å². The van der Waals surface area contributed by atoms with E-state index in [0.717, 1.165) is 38.6 Å². The number of aromatic nitrogens is 1. The number of carbonyl (C=O) groups is 1. The molecule has 2 aromatic heterocycles. The highest BCUT2D eigenvalue weighted by molar-refractivity contribution is 7.17. The van der Waals surface area contributed by atoms with Gasteiger partial charge in [0.25, 0.3) is 5.91 Å². The summed E-state index contributed by atoms with van der Waals surface area (Å²) in [5.74, 6) is 0.884. The number of ether oxygens (including phenoxy) is 1. The lowest BCUT2D eigenvalue weighted by atomic mass is 10.0. The van der Waals surface area contributed by atoms with E-state index in [2.05, 4.69) is 35.4 Å². The summed E-state index contributed by atoms with van der Waals surface area (Å²) in [4.78, 5) is 17.9. The van der Waals surface area contributed by atoms with Crippen LogP contribution in [0.1, 0.15) is 26.4 Å². The Labute approximate surface area is 167 Å². The number of rotatable bonds is 4. The van der Waals surface area contributed by atoms with E-state index in [-0.39, 0.29) is 5.91 Å². The number of hydrogen-bond acceptors (Lipinski definition) is 3. The van der Waals surface area contributed by atoms with Crippen LogP contribution >= 0.6 is 11.3 Å². The molecule has 3 heterocycles. The minimum atomic E-state index is -0.0191. The molecule has 0 atom stereocenters. The Bertz CT molecular complexity index is 1190. The lowest BCUT2D eigenvalue weighted by Crippen LogP contribution is -2.24. The van der Waals surface area contributed by atoms with Gasteiger partial charge in [-0.05, 0) is 42.7 Å². The average molecular weight is 388 g/mol. The largest absolute Gasteiger partial charge is 0.488 e. The minimum Gasteiger partial charge on any atom is -0.488 e. The lowest BCUT2D eigenvalue weighted by Gasteiger charge is -2.19. The number of benzene rings is 2. The summed E-state index contributed by atoms with van der Waals surface area (Å²) in [6, 6.07) is 16.3. The zero-order valence-electron chi connectivity index (χ0n) is 15.5. The molecule has 4 nitrogen and oxygen atoms in total. The first-order valence-corrected chi connectivity index (χ1v) is 10.2. The number of nitrogens with one attached hydrogen (secondary N) is 2. The van der Waals surface area contributed by atoms with Gasteiger partial charge in [0.05, 0.1) is 4.88 Å². The third kappa shape index (κ3) is 2.88. The molecule has 0 saturated heterocycles. The molecule has 2 N–H and O–H groups in total. The molecule has 4 aromatic rings. The van der Waals surface area contributed by atoms with E-state index in [9.17, 15) is 4.79 Å². The number of amides is 1. The monoisotopic (exact) mass is 388 g/mol. The Morgan fingerprint density at radius 2 is 2.11 bits per heavy atom. The highest BCUT2D eigenvalue weighted by Crippen LogP contribution is 2.44. The van der Waals surface area contributed by atoms with Gasteiger partial charge >= 0.3 is 0 Å². The van der Waals surface area contributed by atoms with Crippen LogP contribution in [0.5, 0.6) is 5.75 Å². The summed E-state index contributed by atoms with van der Waals surface area (Å²) in [5, 5.41) is 4.28. The minimum absolute atomic E-state index is 0.0191. The molecule has 140 valence electrons. The van der Waals surface area contributed by atoms with Crippen molar-refractivity contribution in [2.45, 2.75) is 20.0 Å². The fraction of sp³-hybridized carbons (Fsp3) is 0.174. The SMILES string of the molecule is Cc1cccc2c1-c1sc(C(=O)NCCc3c[nH]c4ccccc34)cc1CO2. The number of carbonyl (C=O) groups excluding carboxylic acids is 1. The van der Waals surface area contributed by atoms with Gasteiger partial charge in [0.1, 0.15) is 12.4 Å². The smallest absolute Gasteiger partial charge is 0.261 e. The van der Waals surface area contributed by atoms with Crippen LogP contribution in [-0.4, -0.2) is 17.4 Å². The van der Waals surface area contributed by atoms with Gasteiger partial charge in [0.2, 0.25) is 0 Å². The van der Waals surface area contributed by atoms with Crippen LogP contribution in [0.2, 0.25) is 0 Å². The molecule has 2 aromatic carbocycles. The van der Waals surface area contributed by atoms with Crippen LogP contribution in [0.3, 0.4) is 0 Å². The second-order valence-electron chi connectivity index (χ2n) is 7.07. The van der Waals surface area contributed by atoms with Crippen molar-refractivity contribution in [1.29, 1.82) is 0 Å². The number of aryl methyl sites for hydroxylation is 1. The van der Waals surface area contributed by atoms with Gasteiger partial charge in [0, 0.05) is 39.6 Å². The first-order chi connectivity index (χ1) is 13.7. The lowest BCUT2D eigenvalue weighted by molar-refractivity contribution is 0.0958. The summed E-state index contributed by atoms with van der Waals surface area (Å²) < 4.78 is 5.87. The molecule has 28 heavy (non-hydrogen) atoms. The summed E-state index contributed by atoms with van der Waals surface area (Å²) in [5.41, 5.74) is 5.73. The number of fused-ring (bicyclic) bond motifs is 4. The molecule has 0 spiro atoms. The molecule has 0 saturated carbocycles. The Morgan fingerprint density at radius 1 is 1.21 bits per heavy atom. The Kier molecular flexibility index (Phi) is 4.17. The molecule has 0 bridgehead atoms. The predicted octanol–water partition coefficient (Wildman–Crippen LogP) is 5.07. The molecule has 5 heteroatoms. The summed E-state index contributed by atoms with van der Waals surface area (Å²) in [6.45, 7) is 3.21. The van der Waals surface area contributed by atoms with Gasteiger partial charge in [-0.2, -0.15) is 0 Å². The molecule has 5 rings (SSSR count). The van der Waals surface area contributed by atoms with E-state index >= 15 is 0 Å². The molecular formula is C23H20N2O2S. The average Bonchev–Trinajstić information content (AvgIpc) is 3.32. The zero-order valence-corrected chi connectivity index (χ0v) is 16.4. The molecule has 1 amide bonds. The van der Waals surface area contributed by atoms with Crippen LogP contribution < -0.4 is 10.1 Å². The Hall–Kier alpha value is -3.05. The second kappa shape index (κ2) is 6.84. The fourth-order valence-electron chi connectivity index (χ4n) is 3.80. The topological polar surface area (TPSA) is 54.1 Å². The van der Waals surface area contributed by atoms with Crippen molar-refractivity contribution in [2.24, 2.45) is 0 Å². The highest BCUT2D eigenvalue weighted by atomic mass is 32.1. The Balaban J connectivity index is 1.31. The number of aromatic amines is 1. The standard InChI is InChI=1S/C23H20N2O2S/c1-14-5-4-8-19-21(14)22-16(13-27-19)11-20(28-22)23(26)24-10-9-15-12-25-18-7-3-2-6-17(15)18/h2-8,11-12,25H,9-10,13H2,1H3,(H,24,26). The van der Waals surface area contributed by atoms with Crippen molar-refractivity contribution >= 4 is 28.1 Å². The van der Waals surface area contributed by atoms with E-state index in [4.69, 9.17) is 4.74 Å². The quantitative estimate of drug-likeness (QED) is 0.513. The maximum Gasteiger partial charge on any atom is 0.261 e. The number of hydrogen-bond donors (Lipinski definition) is 2. The number of para-hydroxylation sites is 1. The predicted molar refractivity (Wildman–Crippen MR) is 113 cm³/mol. The van der Waals surface area contributed by atoms with Crippen molar-refractivity contribution in [3.8, 4) is 16.2 Å². The van der Waals surface area contributed by atoms with Crippen LogP contribution in [0.4, 0.5) is 0 Å². The first-order valence-electron chi connectivity index (χ1n) is 9.39. The Morgan fingerprint density at radius 3 is 3.04 bits per heavy atom. The molecule has 1 aliphatic heterocycles. The van der Waals surface area contributed by atoms with Crippen molar-refractivity contribution < 1.29 is 9.53 Å². The van der Waals surface area contributed by atoms with Crippen LogP contribution in [0, 0.1) is 6.92 Å². The van der Waals surface area contributed by atoms with Gasteiger partial charge in [-0.25, -0.2) is 0 Å². The highest BCUT2D eigenvalue weighted by Gasteiger charge is 2.23. The first kappa shape index (κ1) is 17.1. The second-order valence-corrected chi connectivity index (χ2v) is 8.12. The third-order valence-electron chi connectivity index (χ3n) is 5.23. The fourth-order valence-corrected chi connectivity index (χ4v) is 5.00. The molecule has 1 aliphatic rings. The van der Waals surface area contributed by atoms with Gasteiger partial charge in [0.15, 0.2) is 0 Å². The molecule has 0 aliphatic carbocycles. The number of thiophene rings is 1. The van der Waals surface area contributed by atoms with Crippen molar-refractivity contribution in [2.75, 3.05) is 6.54 Å². The summed E-state index contributed by atoms with van der Waals surface area (Å²) in [7, 11) is 0. The van der Waals surface area contributed by atoms with E-state index in [0.29, 0.717) is 13.2 Å². The molecule has 0 unspecified atom stereocenters. The normalized spacial score (nSPS) is 12.3. The van der Waals surface area contributed by atoms with E-state index < -0.39 is 0 Å². The van der Waals surface area contributed by atoms with E-state index in [1.807, 2.05) is 36.5 Å². The van der Waals surface area contributed by atoms with Gasteiger partial charge in [-0.3, -0.25) is 4.79 Å². The molecule has 0 fully saturated rings. The van der Waals surface area contributed by atoms with Crippen molar-refractivity contribution in [3.63, 3.8) is 0 Å². The third-order valence-corrected chi connectivity index (χ3v) is 6.43. The van der Waals surface area contributed by atoms with E-state index in [1.54, 1.807) is 11.3 Å². The zero-order chi connectivity index (χ0) is 19.1. The maximum atomic E-state index is 12.7. The van der Waals surface area contributed by atoms with E-state index in [1.165, 1.54) is 16.5 Å². The van der Waals surface area contributed by atoms with Crippen molar-refractivity contribution in [1.82, 2.24) is 10.3 Å². The van der Waals surface area contributed by atoms with Gasteiger partial charge in [-0.15, -0.1) is 11.3 Å². The molecular weight excluding hydrogens is 368 g/mol. The summed E-state index contributed by atoms with van der Waals surface area (Å²) >= 11 is 1.55. The number of H-pyrrole nitrogens is 1. The summed E-state index contributed by atoms with van der Waals surface area (Å²) in [6.07, 6.45) is 2.82.